The molecule has 0 heterocycles. The molecule has 74 valence electrons. The molecule has 2 rings (SSSR count). The highest BCUT2D eigenvalue weighted by atomic mass is 35.5. The Bertz CT molecular complexity index is 427. The summed E-state index contributed by atoms with van der Waals surface area (Å²) in [6, 6.07) is 5.50. The minimum Gasteiger partial charge on any atom is -0.409 e. The molecule has 0 fully saturated rings. The smallest absolute Gasteiger partial charge is 0.170 e. The van der Waals surface area contributed by atoms with Crippen LogP contribution in [0.5, 0.6) is 0 Å². The zero-order valence-electron chi connectivity index (χ0n) is 7.07. The van der Waals surface area contributed by atoms with Gasteiger partial charge in [0.2, 0.25) is 0 Å². The number of benzene rings is 1. The van der Waals surface area contributed by atoms with Crippen molar-refractivity contribution in [3.05, 3.63) is 34.3 Å². The second-order valence-corrected chi connectivity index (χ2v) is 3.21. The minimum atomic E-state index is 0. The van der Waals surface area contributed by atoms with Crippen LogP contribution in [0.2, 0.25) is 5.02 Å². The van der Waals surface area contributed by atoms with Crippen LogP contribution in [-0.2, 0) is 0 Å². The monoisotopic (exact) mass is 230 g/mol. The summed E-state index contributed by atoms with van der Waals surface area (Å²) >= 11 is 5.79. The lowest BCUT2D eigenvalue weighted by atomic mass is 9.88. The molecule has 0 aromatic heterocycles. The first-order valence-corrected chi connectivity index (χ1v) is 4.09. The summed E-state index contributed by atoms with van der Waals surface area (Å²) in [5.41, 5.74) is 8.16. The SMILES string of the molecule is Cl.NC(=NO)C1=Cc2ccc(Cl)cc21. The van der Waals surface area contributed by atoms with Gasteiger partial charge in [-0.25, -0.2) is 0 Å². The van der Waals surface area contributed by atoms with Crippen LogP contribution < -0.4 is 5.73 Å². The summed E-state index contributed by atoms with van der Waals surface area (Å²) in [6.45, 7) is 0. The molecule has 5 heteroatoms. The lowest BCUT2D eigenvalue weighted by molar-refractivity contribution is 0.319. The van der Waals surface area contributed by atoms with E-state index in [0.717, 1.165) is 16.7 Å². The van der Waals surface area contributed by atoms with E-state index in [1.807, 2.05) is 12.1 Å². The lowest BCUT2D eigenvalue weighted by Gasteiger charge is -2.18. The molecule has 0 amide bonds. The van der Waals surface area contributed by atoms with Crippen molar-refractivity contribution < 1.29 is 5.21 Å². The van der Waals surface area contributed by atoms with Gasteiger partial charge in [0.1, 0.15) is 0 Å². The Balaban J connectivity index is 0.000000980. The van der Waals surface area contributed by atoms with Crippen molar-refractivity contribution in [2.45, 2.75) is 0 Å². The van der Waals surface area contributed by atoms with Gasteiger partial charge in [-0.2, -0.15) is 0 Å². The Morgan fingerprint density at radius 3 is 2.79 bits per heavy atom. The van der Waals surface area contributed by atoms with Gasteiger partial charge in [0.25, 0.3) is 0 Å². The first kappa shape index (κ1) is 10.9. The van der Waals surface area contributed by atoms with Crippen LogP contribution >= 0.6 is 24.0 Å². The molecule has 0 aliphatic heterocycles. The average Bonchev–Trinajstić information content (AvgIpc) is 2.10. The Labute approximate surface area is 92.3 Å². The van der Waals surface area contributed by atoms with E-state index in [9.17, 15) is 0 Å². The van der Waals surface area contributed by atoms with Crippen LogP contribution in [0.1, 0.15) is 11.1 Å². The molecule has 1 aromatic rings. The maximum absolute atomic E-state index is 8.45. The van der Waals surface area contributed by atoms with Gasteiger partial charge in [-0.05, 0) is 29.3 Å². The van der Waals surface area contributed by atoms with E-state index >= 15 is 0 Å². The van der Waals surface area contributed by atoms with E-state index in [0.29, 0.717) is 5.02 Å². The number of halogens is 2. The van der Waals surface area contributed by atoms with Crippen molar-refractivity contribution in [2.24, 2.45) is 10.9 Å². The number of rotatable bonds is 1. The zero-order chi connectivity index (χ0) is 9.42. The standard InChI is InChI=1S/C9H7ClN2O.ClH/c10-6-2-1-5-3-8(7(5)4-6)9(11)12-13;/h1-4,13H,(H2,11,12);1H. The molecular formula is C9H8Cl2N2O. The number of hydrogen-bond acceptors (Lipinski definition) is 2. The molecule has 3 N–H and O–H groups in total. The lowest BCUT2D eigenvalue weighted by Crippen LogP contribution is -2.18. The third kappa shape index (κ3) is 1.56. The maximum Gasteiger partial charge on any atom is 0.170 e. The fourth-order valence-corrected chi connectivity index (χ4v) is 1.48. The first-order chi connectivity index (χ1) is 6.22. The number of amidine groups is 1. The van der Waals surface area contributed by atoms with Gasteiger partial charge in [0.05, 0.1) is 0 Å². The molecule has 14 heavy (non-hydrogen) atoms. The van der Waals surface area contributed by atoms with Crippen LogP contribution in [0.15, 0.2) is 23.4 Å². The zero-order valence-corrected chi connectivity index (χ0v) is 8.64. The first-order valence-electron chi connectivity index (χ1n) is 3.72. The molecule has 0 radical (unpaired) electrons. The summed E-state index contributed by atoms with van der Waals surface area (Å²) in [6.07, 6.45) is 1.85. The van der Waals surface area contributed by atoms with Crippen LogP contribution in [0.4, 0.5) is 0 Å². The maximum atomic E-state index is 8.45. The van der Waals surface area contributed by atoms with Gasteiger partial charge < -0.3 is 10.9 Å². The summed E-state index contributed by atoms with van der Waals surface area (Å²) in [4.78, 5) is 0. The van der Waals surface area contributed by atoms with Gasteiger partial charge in [-0.15, -0.1) is 12.4 Å². The highest BCUT2D eigenvalue weighted by Crippen LogP contribution is 2.34. The number of hydrogen-bond donors (Lipinski definition) is 2. The molecule has 0 unspecified atom stereocenters. The van der Waals surface area contributed by atoms with Gasteiger partial charge in [0.15, 0.2) is 5.84 Å². The Hall–Kier alpha value is -1.19. The van der Waals surface area contributed by atoms with Gasteiger partial charge in [-0.3, -0.25) is 0 Å². The predicted molar refractivity (Wildman–Crippen MR) is 60.0 cm³/mol. The molecule has 0 atom stereocenters. The van der Waals surface area contributed by atoms with Gasteiger partial charge in [-0.1, -0.05) is 22.8 Å². The van der Waals surface area contributed by atoms with Crippen molar-refractivity contribution in [2.75, 3.05) is 0 Å². The molecule has 0 saturated heterocycles. The third-order valence-corrected chi connectivity index (χ3v) is 2.22. The van der Waals surface area contributed by atoms with E-state index in [-0.39, 0.29) is 18.2 Å². The Morgan fingerprint density at radius 1 is 1.43 bits per heavy atom. The van der Waals surface area contributed by atoms with Crippen molar-refractivity contribution in [3.63, 3.8) is 0 Å². The fraction of sp³-hybridized carbons (Fsp3) is 0. The van der Waals surface area contributed by atoms with Crippen LogP contribution in [0.25, 0.3) is 11.6 Å². The Morgan fingerprint density at radius 2 is 2.14 bits per heavy atom. The van der Waals surface area contributed by atoms with Gasteiger partial charge >= 0.3 is 0 Å². The van der Waals surface area contributed by atoms with Crippen LogP contribution in [0, 0.1) is 0 Å². The quantitative estimate of drug-likeness (QED) is 0.337. The van der Waals surface area contributed by atoms with E-state index in [2.05, 4.69) is 5.16 Å². The number of nitrogens with zero attached hydrogens (tertiary/aromatic N) is 1. The molecule has 0 spiro atoms. The van der Waals surface area contributed by atoms with E-state index in [1.54, 1.807) is 12.1 Å². The molecule has 0 saturated carbocycles. The molecule has 3 nitrogen and oxygen atoms in total. The largest absolute Gasteiger partial charge is 0.409 e. The van der Waals surface area contributed by atoms with Crippen LogP contribution in [-0.4, -0.2) is 11.0 Å². The summed E-state index contributed by atoms with van der Waals surface area (Å²) < 4.78 is 0. The average molecular weight is 231 g/mol. The molecular weight excluding hydrogens is 223 g/mol. The number of fused-ring (bicyclic) bond motifs is 1. The summed E-state index contributed by atoms with van der Waals surface area (Å²) in [5, 5.41) is 12.0. The van der Waals surface area contributed by atoms with Crippen molar-refractivity contribution in [1.82, 2.24) is 0 Å². The second-order valence-electron chi connectivity index (χ2n) is 2.77. The molecule has 1 aliphatic rings. The third-order valence-electron chi connectivity index (χ3n) is 1.99. The van der Waals surface area contributed by atoms with Crippen molar-refractivity contribution in [3.8, 4) is 0 Å². The summed E-state index contributed by atoms with van der Waals surface area (Å²) in [7, 11) is 0. The fourth-order valence-electron chi connectivity index (χ4n) is 1.31. The van der Waals surface area contributed by atoms with Crippen molar-refractivity contribution >= 4 is 41.5 Å². The molecule has 1 aromatic carbocycles. The predicted octanol–water partition coefficient (Wildman–Crippen LogP) is 2.36. The highest BCUT2D eigenvalue weighted by Gasteiger charge is 2.19. The minimum absolute atomic E-state index is 0. The van der Waals surface area contributed by atoms with E-state index in [4.69, 9.17) is 22.5 Å². The number of oxime groups is 1. The number of nitrogens with two attached hydrogens (primary N) is 1. The van der Waals surface area contributed by atoms with E-state index in [1.165, 1.54) is 0 Å². The summed E-state index contributed by atoms with van der Waals surface area (Å²) in [5.74, 6) is 0.120. The van der Waals surface area contributed by atoms with E-state index < -0.39 is 0 Å². The Kier molecular flexibility index (Phi) is 3.03. The normalized spacial score (nSPS) is 13.5. The van der Waals surface area contributed by atoms with Crippen molar-refractivity contribution in [1.29, 1.82) is 0 Å². The molecule has 0 bridgehead atoms. The topological polar surface area (TPSA) is 58.6 Å². The van der Waals surface area contributed by atoms with Gasteiger partial charge in [0, 0.05) is 10.6 Å². The van der Waals surface area contributed by atoms with Crippen LogP contribution in [0.3, 0.4) is 0 Å². The molecule has 1 aliphatic carbocycles. The highest BCUT2D eigenvalue weighted by molar-refractivity contribution is 6.34. The second kappa shape index (κ2) is 3.90.